The zero-order valence-electron chi connectivity index (χ0n) is 17.7. The molecule has 0 heterocycles. The quantitative estimate of drug-likeness (QED) is 0.238. The van der Waals surface area contributed by atoms with E-state index in [2.05, 4.69) is 6.92 Å². The van der Waals surface area contributed by atoms with Gasteiger partial charge in [-0.05, 0) is 12.8 Å². The van der Waals surface area contributed by atoms with Crippen LogP contribution in [0.4, 0.5) is 0 Å². The number of hydrogen-bond donors (Lipinski definition) is 2. The molecular formula is C17H34KNaO4. The Balaban J connectivity index is -0.000000333. The zero-order chi connectivity index (χ0) is 16.1. The molecule has 0 spiro atoms. The molecule has 0 aliphatic heterocycles. The first-order chi connectivity index (χ1) is 10.0. The third-order valence-corrected chi connectivity index (χ3v) is 4.38. The maximum Gasteiger partial charge on any atom is 1.00 e. The molecule has 128 valence electrons. The fourth-order valence-corrected chi connectivity index (χ4v) is 2.70. The summed E-state index contributed by atoms with van der Waals surface area (Å²) in [6.07, 6.45) is 12.0. The molecule has 0 unspecified atom stereocenters. The molecular weight excluding hydrogens is 330 g/mol. The zero-order valence-corrected chi connectivity index (χ0v) is 20.8. The second-order valence-electron chi connectivity index (χ2n) is 5.98. The number of carboxylic acid groups (broad SMARTS) is 2. The van der Waals surface area contributed by atoms with Gasteiger partial charge in [-0.2, -0.15) is 0 Å². The third-order valence-electron chi connectivity index (χ3n) is 4.38. The van der Waals surface area contributed by atoms with E-state index in [1.165, 1.54) is 44.9 Å². The van der Waals surface area contributed by atoms with Crippen molar-refractivity contribution in [2.75, 3.05) is 0 Å². The van der Waals surface area contributed by atoms with Crippen LogP contribution in [0.1, 0.15) is 93.8 Å². The Hall–Kier alpha value is 1.58. The van der Waals surface area contributed by atoms with Gasteiger partial charge in [0.25, 0.3) is 0 Å². The molecule has 0 amide bonds. The van der Waals surface area contributed by atoms with Crippen LogP contribution in [-0.2, 0) is 9.59 Å². The van der Waals surface area contributed by atoms with Gasteiger partial charge < -0.3 is 13.1 Å². The number of hydrogen-bond acceptors (Lipinski definition) is 2. The Labute approximate surface area is 209 Å². The molecule has 0 aromatic heterocycles. The van der Waals surface area contributed by atoms with Crippen molar-refractivity contribution in [3.63, 3.8) is 0 Å². The summed E-state index contributed by atoms with van der Waals surface area (Å²) in [5, 5.41) is 18.3. The average Bonchev–Trinajstić information content (AvgIpc) is 2.44. The van der Waals surface area contributed by atoms with Crippen molar-refractivity contribution < 1.29 is 104 Å². The van der Waals surface area contributed by atoms with Gasteiger partial charge in [0.15, 0.2) is 5.41 Å². The summed E-state index contributed by atoms with van der Waals surface area (Å²) in [6.45, 7) is 3.85. The molecule has 0 aliphatic rings. The van der Waals surface area contributed by atoms with E-state index in [0.717, 1.165) is 12.8 Å². The van der Waals surface area contributed by atoms with Crippen LogP contribution >= 0.6 is 0 Å². The summed E-state index contributed by atoms with van der Waals surface area (Å²) in [7, 11) is 0. The minimum atomic E-state index is -1.58. The second kappa shape index (κ2) is 18.4. The Kier molecular flexibility index (Phi) is 23.4. The number of carbonyl (C=O) groups is 2. The van der Waals surface area contributed by atoms with Gasteiger partial charge in [0.05, 0.1) is 0 Å². The van der Waals surface area contributed by atoms with Gasteiger partial charge in [0.2, 0.25) is 0 Å². The standard InChI is InChI=1S/C17H32O4.K.Na.2H/c1-3-5-6-7-8-9-10-11-12-13-14-17(4-2,15(18)19)16(20)21;;;;/h3-14H2,1-2H3,(H,18,19)(H,20,21);;;;/q;2*+1;2*-1. The largest absolute Gasteiger partial charge is 1.00 e. The first kappa shape index (κ1) is 29.3. The Morgan fingerprint density at radius 1 is 0.783 bits per heavy atom. The van der Waals surface area contributed by atoms with Crippen LogP contribution in [0, 0.1) is 5.41 Å². The van der Waals surface area contributed by atoms with Crippen molar-refractivity contribution >= 4 is 11.9 Å². The van der Waals surface area contributed by atoms with E-state index in [1.54, 1.807) is 6.92 Å². The SMILES string of the molecule is CCCCCCCCCCCCC(CC)(C(=O)O)C(=O)O.[H-].[H-].[K+].[Na+]. The third kappa shape index (κ3) is 12.5. The Morgan fingerprint density at radius 3 is 1.43 bits per heavy atom. The van der Waals surface area contributed by atoms with Crippen molar-refractivity contribution in [1.29, 1.82) is 0 Å². The number of aliphatic carboxylic acids is 2. The van der Waals surface area contributed by atoms with Gasteiger partial charge in [-0.25, -0.2) is 0 Å². The molecule has 0 aromatic carbocycles. The van der Waals surface area contributed by atoms with Crippen LogP contribution in [0.25, 0.3) is 0 Å². The smallest absolute Gasteiger partial charge is 1.00 e. The van der Waals surface area contributed by atoms with E-state index in [4.69, 9.17) is 10.2 Å². The van der Waals surface area contributed by atoms with Crippen molar-refractivity contribution in [3.8, 4) is 0 Å². The molecule has 0 saturated heterocycles. The molecule has 2 N–H and O–H groups in total. The van der Waals surface area contributed by atoms with Crippen LogP contribution in [0.5, 0.6) is 0 Å². The van der Waals surface area contributed by atoms with Crippen LogP contribution in [-0.4, -0.2) is 22.2 Å². The molecule has 0 rings (SSSR count). The molecule has 0 bridgehead atoms. The second-order valence-corrected chi connectivity index (χ2v) is 5.98. The number of rotatable bonds is 14. The predicted molar refractivity (Wildman–Crippen MR) is 86.7 cm³/mol. The first-order valence-corrected chi connectivity index (χ1v) is 8.48. The summed E-state index contributed by atoms with van der Waals surface area (Å²) in [5.41, 5.74) is -1.58. The van der Waals surface area contributed by atoms with Crippen molar-refractivity contribution in [2.24, 2.45) is 5.41 Å². The van der Waals surface area contributed by atoms with Crippen molar-refractivity contribution in [1.82, 2.24) is 0 Å². The number of carboxylic acids is 2. The molecule has 0 radical (unpaired) electrons. The summed E-state index contributed by atoms with van der Waals surface area (Å²) in [5.74, 6) is -2.40. The molecule has 0 aromatic rings. The van der Waals surface area contributed by atoms with E-state index >= 15 is 0 Å². The molecule has 6 heteroatoms. The molecule has 23 heavy (non-hydrogen) atoms. The maximum atomic E-state index is 11.2. The maximum absolute atomic E-state index is 11.2. The normalized spacial score (nSPS) is 10.5. The van der Waals surface area contributed by atoms with E-state index in [0.29, 0.717) is 6.42 Å². The van der Waals surface area contributed by atoms with Gasteiger partial charge >= 0.3 is 92.9 Å². The minimum Gasteiger partial charge on any atom is -1.00 e. The Morgan fingerprint density at radius 2 is 1.13 bits per heavy atom. The predicted octanol–water partition coefficient (Wildman–Crippen LogP) is -0.904. The summed E-state index contributed by atoms with van der Waals surface area (Å²) < 4.78 is 0. The average molecular weight is 365 g/mol. The molecule has 0 saturated carbocycles. The topological polar surface area (TPSA) is 74.6 Å². The van der Waals surface area contributed by atoms with Crippen molar-refractivity contribution in [2.45, 2.75) is 90.9 Å². The number of unbranched alkanes of at least 4 members (excludes halogenated alkanes) is 9. The van der Waals surface area contributed by atoms with Crippen LogP contribution < -0.4 is 80.9 Å². The monoisotopic (exact) mass is 364 g/mol. The molecule has 4 nitrogen and oxygen atoms in total. The first-order valence-electron chi connectivity index (χ1n) is 8.48. The van der Waals surface area contributed by atoms with Gasteiger partial charge in [-0.1, -0.05) is 78.1 Å². The van der Waals surface area contributed by atoms with E-state index in [1.807, 2.05) is 0 Å². The van der Waals surface area contributed by atoms with Crippen LogP contribution in [0.3, 0.4) is 0 Å². The fourth-order valence-electron chi connectivity index (χ4n) is 2.70. The summed E-state index contributed by atoms with van der Waals surface area (Å²) in [4.78, 5) is 22.4. The molecule has 0 fully saturated rings. The van der Waals surface area contributed by atoms with Gasteiger partial charge in [0, 0.05) is 0 Å². The van der Waals surface area contributed by atoms with Gasteiger partial charge in [-0.15, -0.1) is 0 Å². The van der Waals surface area contributed by atoms with Crippen LogP contribution in [0.15, 0.2) is 0 Å². The molecule has 0 atom stereocenters. The van der Waals surface area contributed by atoms with E-state index in [9.17, 15) is 9.59 Å². The summed E-state index contributed by atoms with van der Waals surface area (Å²) in [6, 6.07) is 0. The van der Waals surface area contributed by atoms with Gasteiger partial charge in [0.1, 0.15) is 0 Å². The Bertz CT molecular complexity index is 307. The van der Waals surface area contributed by atoms with Gasteiger partial charge in [-0.3, -0.25) is 9.59 Å². The van der Waals surface area contributed by atoms with Crippen molar-refractivity contribution in [3.05, 3.63) is 0 Å². The minimum absolute atomic E-state index is 0. The van der Waals surface area contributed by atoms with E-state index < -0.39 is 17.4 Å². The van der Waals surface area contributed by atoms with E-state index in [-0.39, 0.29) is 96.6 Å². The van der Waals surface area contributed by atoms with Crippen LogP contribution in [0.2, 0.25) is 0 Å². The fraction of sp³-hybridized carbons (Fsp3) is 0.882. The summed E-state index contributed by atoms with van der Waals surface area (Å²) >= 11 is 0. The molecule has 0 aliphatic carbocycles.